The lowest BCUT2D eigenvalue weighted by Crippen LogP contribution is -2.38. The van der Waals surface area contributed by atoms with Crippen LogP contribution in [0.4, 0.5) is 0 Å². The molecule has 0 saturated carbocycles. The highest BCUT2D eigenvalue weighted by Crippen LogP contribution is 2.28. The molecule has 1 amide bonds. The predicted molar refractivity (Wildman–Crippen MR) is 112 cm³/mol. The lowest BCUT2D eigenvalue weighted by atomic mass is 9.96. The van der Waals surface area contributed by atoms with Gasteiger partial charge < -0.3 is 19.5 Å². The number of benzene rings is 2. The smallest absolute Gasteiger partial charge is 0.339 e. The summed E-state index contributed by atoms with van der Waals surface area (Å²) in [5.41, 5.74) is 1.46. The van der Waals surface area contributed by atoms with Crippen molar-refractivity contribution in [3.8, 4) is 11.5 Å². The van der Waals surface area contributed by atoms with Crippen LogP contribution in [0.25, 0.3) is 0 Å². The summed E-state index contributed by atoms with van der Waals surface area (Å²) >= 11 is 0. The number of rotatable bonds is 10. The number of hydrogen-bond acceptors (Lipinski definition) is 5. The molecule has 29 heavy (non-hydrogen) atoms. The second-order valence-electron chi connectivity index (χ2n) is 6.61. The Bertz CT molecular complexity index is 806. The van der Waals surface area contributed by atoms with Gasteiger partial charge in [-0.05, 0) is 44.0 Å². The van der Waals surface area contributed by atoms with Gasteiger partial charge in [-0.1, -0.05) is 37.3 Å². The number of methoxy groups -OCH3 is 1. The molecule has 0 aliphatic rings. The predicted octanol–water partition coefficient (Wildman–Crippen LogP) is 3.95. The molecule has 6 heteroatoms. The van der Waals surface area contributed by atoms with Crippen LogP contribution in [0.2, 0.25) is 0 Å². The highest BCUT2D eigenvalue weighted by molar-refractivity contribution is 5.92. The first-order valence-electron chi connectivity index (χ1n) is 9.84. The lowest BCUT2D eigenvalue weighted by molar-refractivity contribution is -0.129. The third-order valence-corrected chi connectivity index (χ3v) is 4.64. The molecule has 2 aromatic carbocycles. The average Bonchev–Trinajstić information content (AvgIpc) is 2.74. The molecule has 0 aliphatic heterocycles. The van der Waals surface area contributed by atoms with Crippen LogP contribution in [0.1, 0.15) is 49.0 Å². The molecule has 0 aliphatic carbocycles. The Morgan fingerprint density at radius 2 is 1.76 bits per heavy atom. The fraction of sp³-hybridized carbons (Fsp3) is 0.391. The summed E-state index contributed by atoms with van der Waals surface area (Å²) in [6.07, 6.45) is -0.0155. The molecule has 0 spiro atoms. The van der Waals surface area contributed by atoms with Gasteiger partial charge in [-0.25, -0.2) is 4.79 Å². The van der Waals surface area contributed by atoms with E-state index < -0.39 is 12.1 Å². The zero-order valence-electron chi connectivity index (χ0n) is 17.4. The first kappa shape index (κ1) is 22.3. The summed E-state index contributed by atoms with van der Waals surface area (Å²) < 4.78 is 16.0. The summed E-state index contributed by atoms with van der Waals surface area (Å²) in [4.78, 5) is 24.8. The van der Waals surface area contributed by atoms with Gasteiger partial charge in [-0.2, -0.15) is 0 Å². The molecule has 0 unspecified atom stereocenters. The Hall–Kier alpha value is -3.02. The number of carbonyl (C=O) groups is 2. The van der Waals surface area contributed by atoms with Crippen molar-refractivity contribution in [1.29, 1.82) is 0 Å². The fourth-order valence-corrected chi connectivity index (χ4v) is 2.94. The van der Waals surface area contributed by atoms with Gasteiger partial charge in [0.1, 0.15) is 0 Å². The van der Waals surface area contributed by atoms with E-state index in [0.29, 0.717) is 30.2 Å². The van der Waals surface area contributed by atoms with E-state index in [0.717, 1.165) is 6.42 Å². The zero-order valence-corrected chi connectivity index (χ0v) is 17.4. The van der Waals surface area contributed by atoms with Gasteiger partial charge in [-0.3, -0.25) is 4.79 Å². The molecule has 2 atom stereocenters. The highest BCUT2D eigenvalue weighted by atomic mass is 16.5. The van der Waals surface area contributed by atoms with Crippen LogP contribution in [-0.4, -0.2) is 38.2 Å². The minimum atomic E-state index is -0.909. The van der Waals surface area contributed by atoms with E-state index in [1.807, 2.05) is 37.3 Å². The number of amides is 1. The van der Waals surface area contributed by atoms with Crippen molar-refractivity contribution in [1.82, 2.24) is 5.32 Å². The second-order valence-corrected chi connectivity index (χ2v) is 6.61. The standard InChI is InChI=1S/C23H29NO5/c1-5-17(18-10-8-7-9-11-18)15-24-22(25)16(3)29-23(26)19-12-13-20(27-4)21(14-19)28-6-2/h7-14,16-17H,5-6,15H2,1-4H3,(H,24,25)/t16-,17+/m1/s1. The van der Waals surface area contributed by atoms with Crippen molar-refractivity contribution in [3.05, 3.63) is 59.7 Å². The van der Waals surface area contributed by atoms with Crippen molar-refractivity contribution in [3.63, 3.8) is 0 Å². The average molecular weight is 399 g/mol. The molecule has 1 N–H and O–H groups in total. The molecule has 0 heterocycles. The highest BCUT2D eigenvalue weighted by Gasteiger charge is 2.21. The van der Waals surface area contributed by atoms with E-state index in [9.17, 15) is 9.59 Å². The Labute approximate surface area is 172 Å². The Morgan fingerprint density at radius 1 is 1.03 bits per heavy atom. The molecule has 0 saturated heterocycles. The van der Waals surface area contributed by atoms with Crippen molar-refractivity contribution < 1.29 is 23.8 Å². The number of hydrogen-bond donors (Lipinski definition) is 1. The normalized spacial score (nSPS) is 12.6. The molecule has 6 nitrogen and oxygen atoms in total. The van der Waals surface area contributed by atoms with Crippen LogP contribution in [0.3, 0.4) is 0 Å². The van der Waals surface area contributed by atoms with Gasteiger partial charge in [0.25, 0.3) is 5.91 Å². The van der Waals surface area contributed by atoms with Crippen LogP contribution in [0.15, 0.2) is 48.5 Å². The van der Waals surface area contributed by atoms with E-state index in [1.54, 1.807) is 25.1 Å². The largest absolute Gasteiger partial charge is 0.493 e. The topological polar surface area (TPSA) is 73.9 Å². The Balaban J connectivity index is 1.95. The van der Waals surface area contributed by atoms with Gasteiger partial charge in [0.2, 0.25) is 0 Å². The molecule has 0 fully saturated rings. The second kappa shape index (κ2) is 11.1. The van der Waals surface area contributed by atoms with E-state index in [-0.39, 0.29) is 11.8 Å². The molecular weight excluding hydrogens is 370 g/mol. The van der Waals surface area contributed by atoms with E-state index in [1.165, 1.54) is 12.7 Å². The maximum atomic E-state index is 12.4. The summed E-state index contributed by atoms with van der Waals surface area (Å²) in [7, 11) is 1.53. The number of esters is 1. The molecule has 0 aromatic heterocycles. The van der Waals surface area contributed by atoms with E-state index in [4.69, 9.17) is 14.2 Å². The Kier molecular flexibility index (Phi) is 8.52. The summed E-state index contributed by atoms with van der Waals surface area (Å²) in [6.45, 7) is 6.40. The minimum Gasteiger partial charge on any atom is -0.493 e. The third kappa shape index (κ3) is 6.24. The lowest BCUT2D eigenvalue weighted by Gasteiger charge is -2.19. The summed E-state index contributed by atoms with van der Waals surface area (Å²) in [5.74, 6) is 0.270. The van der Waals surface area contributed by atoms with Crippen LogP contribution in [0.5, 0.6) is 11.5 Å². The molecular formula is C23H29NO5. The molecule has 0 bridgehead atoms. The first-order chi connectivity index (χ1) is 14.0. The van der Waals surface area contributed by atoms with Crippen molar-refractivity contribution in [2.45, 2.75) is 39.2 Å². The van der Waals surface area contributed by atoms with Crippen molar-refractivity contribution in [2.75, 3.05) is 20.3 Å². The van der Waals surface area contributed by atoms with Crippen LogP contribution >= 0.6 is 0 Å². The maximum absolute atomic E-state index is 12.4. The minimum absolute atomic E-state index is 0.207. The van der Waals surface area contributed by atoms with Gasteiger partial charge in [0.15, 0.2) is 17.6 Å². The quantitative estimate of drug-likeness (QED) is 0.613. The van der Waals surface area contributed by atoms with Gasteiger partial charge >= 0.3 is 5.97 Å². The number of ether oxygens (including phenoxy) is 3. The van der Waals surface area contributed by atoms with E-state index in [2.05, 4.69) is 12.2 Å². The van der Waals surface area contributed by atoms with Gasteiger partial charge in [-0.15, -0.1) is 0 Å². The van der Waals surface area contributed by atoms with Gasteiger partial charge in [0, 0.05) is 12.5 Å². The molecule has 2 aromatic rings. The van der Waals surface area contributed by atoms with Gasteiger partial charge in [0.05, 0.1) is 19.3 Å². The maximum Gasteiger partial charge on any atom is 0.339 e. The number of carbonyl (C=O) groups excluding carboxylic acids is 2. The first-order valence-corrected chi connectivity index (χ1v) is 9.84. The van der Waals surface area contributed by atoms with E-state index >= 15 is 0 Å². The SMILES string of the molecule is CCOc1cc(C(=O)O[C@H](C)C(=O)NC[C@H](CC)c2ccccc2)ccc1OC. The summed E-state index contributed by atoms with van der Waals surface area (Å²) in [6, 6.07) is 14.8. The summed E-state index contributed by atoms with van der Waals surface area (Å²) in [5, 5.41) is 2.88. The molecule has 0 radical (unpaired) electrons. The zero-order chi connectivity index (χ0) is 21.2. The van der Waals surface area contributed by atoms with Crippen LogP contribution in [0, 0.1) is 0 Å². The fourth-order valence-electron chi connectivity index (χ4n) is 2.94. The van der Waals surface area contributed by atoms with Crippen LogP contribution < -0.4 is 14.8 Å². The van der Waals surface area contributed by atoms with Crippen molar-refractivity contribution in [2.24, 2.45) is 0 Å². The Morgan fingerprint density at radius 3 is 2.38 bits per heavy atom. The van der Waals surface area contributed by atoms with Crippen LogP contribution in [-0.2, 0) is 9.53 Å². The molecule has 156 valence electrons. The monoisotopic (exact) mass is 399 g/mol. The third-order valence-electron chi connectivity index (χ3n) is 4.64. The molecule has 2 rings (SSSR count). The van der Waals surface area contributed by atoms with Crippen molar-refractivity contribution >= 4 is 11.9 Å². The number of nitrogens with one attached hydrogen (secondary N) is 1.